The van der Waals surface area contributed by atoms with Crippen LogP contribution in [0.3, 0.4) is 0 Å². The fourth-order valence-corrected chi connectivity index (χ4v) is 2.87. The molecule has 23 heavy (non-hydrogen) atoms. The van der Waals surface area contributed by atoms with Crippen molar-refractivity contribution in [3.05, 3.63) is 71.3 Å². The van der Waals surface area contributed by atoms with Gasteiger partial charge in [-0.2, -0.15) is 0 Å². The molecule has 4 heteroatoms. The molecule has 1 atom stereocenters. The average Bonchev–Trinajstić information content (AvgIpc) is 2.55. The first-order valence-corrected chi connectivity index (χ1v) is 7.58. The first-order chi connectivity index (χ1) is 11.1. The van der Waals surface area contributed by atoms with Gasteiger partial charge in [0.25, 0.3) is 0 Å². The van der Waals surface area contributed by atoms with Crippen molar-refractivity contribution in [2.45, 2.75) is 19.4 Å². The monoisotopic (exact) mass is 309 g/mol. The van der Waals surface area contributed by atoms with Gasteiger partial charge < -0.3 is 15.2 Å². The van der Waals surface area contributed by atoms with E-state index in [1.54, 1.807) is 12.1 Å². The zero-order valence-corrected chi connectivity index (χ0v) is 13.0. The summed E-state index contributed by atoms with van der Waals surface area (Å²) in [4.78, 5) is 11.1. The van der Waals surface area contributed by atoms with Crippen LogP contribution in [0.25, 0.3) is 5.70 Å². The quantitative estimate of drug-likeness (QED) is 0.902. The summed E-state index contributed by atoms with van der Waals surface area (Å²) < 4.78 is 5.62. The summed E-state index contributed by atoms with van der Waals surface area (Å²) in [5.41, 5.74) is 4.32. The molecule has 0 spiro atoms. The molecule has 0 saturated carbocycles. The van der Waals surface area contributed by atoms with E-state index in [0.29, 0.717) is 12.4 Å². The van der Waals surface area contributed by atoms with Crippen molar-refractivity contribution in [1.82, 2.24) is 5.32 Å². The number of aryl methyl sites for hydroxylation is 1. The Labute approximate surface area is 135 Å². The molecule has 0 amide bonds. The standard InChI is InChI=1S/C19H19NO3/c1-12-5-3-4-6-15(12)13(2)20-17-9-10-23-18-11-14(19(21)22)7-8-16(17)18/h3-8,11,17,20H,2,9-10H2,1H3,(H,21,22)/t17-/m1/s1. The molecular formula is C19H19NO3. The predicted molar refractivity (Wildman–Crippen MR) is 89.6 cm³/mol. The molecular weight excluding hydrogens is 290 g/mol. The van der Waals surface area contributed by atoms with E-state index in [0.717, 1.165) is 23.2 Å². The van der Waals surface area contributed by atoms with Gasteiger partial charge >= 0.3 is 5.97 Å². The first kappa shape index (κ1) is 15.2. The maximum absolute atomic E-state index is 11.1. The Hall–Kier alpha value is -2.75. The van der Waals surface area contributed by atoms with Crippen molar-refractivity contribution in [3.8, 4) is 5.75 Å². The number of benzene rings is 2. The summed E-state index contributed by atoms with van der Waals surface area (Å²) >= 11 is 0. The van der Waals surface area contributed by atoms with Crippen LogP contribution in [0, 0.1) is 6.92 Å². The summed E-state index contributed by atoms with van der Waals surface area (Å²) in [6, 6.07) is 13.2. The maximum atomic E-state index is 11.1. The van der Waals surface area contributed by atoms with Crippen LogP contribution in [0.1, 0.15) is 39.5 Å². The highest BCUT2D eigenvalue weighted by Crippen LogP contribution is 2.34. The van der Waals surface area contributed by atoms with Gasteiger partial charge in [0.05, 0.1) is 18.2 Å². The van der Waals surface area contributed by atoms with Crippen LogP contribution in [-0.4, -0.2) is 17.7 Å². The highest BCUT2D eigenvalue weighted by molar-refractivity contribution is 5.88. The third-order valence-electron chi connectivity index (χ3n) is 4.12. The second kappa shape index (κ2) is 6.16. The second-order valence-electron chi connectivity index (χ2n) is 5.69. The first-order valence-electron chi connectivity index (χ1n) is 7.58. The highest BCUT2D eigenvalue weighted by atomic mass is 16.5. The fraction of sp³-hybridized carbons (Fsp3) is 0.211. The summed E-state index contributed by atoms with van der Waals surface area (Å²) in [5, 5.41) is 12.6. The third-order valence-corrected chi connectivity index (χ3v) is 4.12. The van der Waals surface area contributed by atoms with E-state index < -0.39 is 5.97 Å². The SMILES string of the molecule is C=C(N[C@@H]1CCOc2cc(C(=O)O)ccc21)c1ccccc1C. The number of carboxylic acid groups (broad SMARTS) is 1. The Kier molecular flexibility index (Phi) is 4.06. The van der Waals surface area contributed by atoms with Gasteiger partial charge in [-0.25, -0.2) is 4.79 Å². The molecule has 0 fully saturated rings. The molecule has 4 nitrogen and oxygen atoms in total. The number of ether oxygens (including phenoxy) is 1. The van der Waals surface area contributed by atoms with Gasteiger partial charge in [0, 0.05) is 17.7 Å². The molecule has 1 aliphatic heterocycles. The number of fused-ring (bicyclic) bond motifs is 1. The Balaban J connectivity index is 1.85. The van der Waals surface area contributed by atoms with Crippen LogP contribution < -0.4 is 10.1 Å². The summed E-state index contributed by atoms with van der Waals surface area (Å²) in [7, 11) is 0. The molecule has 0 aliphatic carbocycles. The summed E-state index contributed by atoms with van der Waals surface area (Å²) in [6.07, 6.45) is 0.810. The minimum Gasteiger partial charge on any atom is -0.493 e. The molecule has 0 aromatic heterocycles. The van der Waals surface area contributed by atoms with Crippen molar-refractivity contribution in [2.75, 3.05) is 6.61 Å². The van der Waals surface area contributed by atoms with Crippen LogP contribution >= 0.6 is 0 Å². The fourth-order valence-electron chi connectivity index (χ4n) is 2.87. The largest absolute Gasteiger partial charge is 0.493 e. The molecule has 0 unspecified atom stereocenters. The minimum absolute atomic E-state index is 0.0636. The smallest absolute Gasteiger partial charge is 0.335 e. The number of carboxylic acids is 1. The van der Waals surface area contributed by atoms with Gasteiger partial charge in [-0.05, 0) is 30.2 Å². The third kappa shape index (κ3) is 3.06. The molecule has 0 saturated heterocycles. The predicted octanol–water partition coefficient (Wildman–Crippen LogP) is 3.78. The van der Waals surface area contributed by atoms with Crippen LogP contribution in [-0.2, 0) is 0 Å². The van der Waals surface area contributed by atoms with Gasteiger partial charge in [-0.1, -0.05) is 36.9 Å². The van der Waals surface area contributed by atoms with Gasteiger partial charge in [-0.3, -0.25) is 0 Å². The van der Waals surface area contributed by atoms with E-state index in [1.807, 2.05) is 24.3 Å². The van der Waals surface area contributed by atoms with Crippen molar-refractivity contribution < 1.29 is 14.6 Å². The molecule has 2 aromatic rings. The van der Waals surface area contributed by atoms with E-state index in [9.17, 15) is 4.79 Å². The Morgan fingerprint density at radius 3 is 2.83 bits per heavy atom. The van der Waals surface area contributed by atoms with Gasteiger partial charge in [0.1, 0.15) is 5.75 Å². The molecule has 1 aliphatic rings. The maximum Gasteiger partial charge on any atom is 0.335 e. The van der Waals surface area contributed by atoms with Crippen molar-refractivity contribution in [1.29, 1.82) is 0 Å². The van der Waals surface area contributed by atoms with Crippen LogP contribution in [0.15, 0.2) is 49.0 Å². The van der Waals surface area contributed by atoms with Crippen LogP contribution in [0.5, 0.6) is 5.75 Å². The lowest BCUT2D eigenvalue weighted by molar-refractivity contribution is 0.0696. The van der Waals surface area contributed by atoms with Crippen LogP contribution in [0.2, 0.25) is 0 Å². The Morgan fingerprint density at radius 2 is 2.09 bits per heavy atom. The normalized spacial score (nSPS) is 16.1. The zero-order valence-electron chi connectivity index (χ0n) is 13.0. The molecule has 1 heterocycles. The van der Waals surface area contributed by atoms with Crippen molar-refractivity contribution in [3.63, 3.8) is 0 Å². The van der Waals surface area contributed by atoms with E-state index in [-0.39, 0.29) is 11.6 Å². The molecule has 0 radical (unpaired) electrons. The van der Waals surface area contributed by atoms with Crippen molar-refractivity contribution >= 4 is 11.7 Å². The highest BCUT2D eigenvalue weighted by Gasteiger charge is 2.23. The molecule has 2 aromatic carbocycles. The number of nitrogens with one attached hydrogen (secondary N) is 1. The Morgan fingerprint density at radius 1 is 1.30 bits per heavy atom. The van der Waals surface area contributed by atoms with E-state index >= 15 is 0 Å². The average molecular weight is 309 g/mol. The molecule has 3 rings (SSSR count). The van der Waals surface area contributed by atoms with Gasteiger partial charge in [0.15, 0.2) is 0 Å². The number of carbonyl (C=O) groups is 1. The molecule has 0 bridgehead atoms. The van der Waals surface area contributed by atoms with Gasteiger partial charge in [0.2, 0.25) is 0 Å². The van der Waals surface area contributed by atoms with E-state index in [1.165, 1.54) is 5.56 Å². The minimum atomic E-state index is -0.948. The number of rotatable bonds is 4. The van der Waals surface area contributed by atoms with Crippen molar-refractivity contribution in [2.24, 2.45) is 0 Å². The molecule has 2 N–H and O–H groups in total. The number of hydrogen-bond acceptors (Lipinski definition) is 3. The Bertz CT molecular complexity index is 767. The van der Waals surface area contributed by atoms with Gasteiger partial charge in [-0.15, -0.1) is 0 Å². The zero-order chi connectivity index (χ0) is 16.4. The number of aromatic carboxylic acids is 1. The molecule has 118 valence electrons. The lowest BCUT2D eigenvalue weighted by atomic mass is 9.97. The second-order valence-corrected chi connectivity index (χ2v) is 5.69. The topological polar surface area (TPSA) is 58.6 Å². The van der Waals surface area contributed by atoms with E-state index in [2.05, 4.69) is 24.9 Å². The summed E-state index contributed by atoms with van der Waals surface area (Å²) in [5.74, 6) is -0.318. The lowest BCUT2D eigenvalue weighted by Crippen LogP contribution is -2.26. The summed E-state index contributed by atoms with van der Waals surface area (Å²) in [6.45, 7) is 6.76. The lowest BCUT2D eigenvalue weighted by Gasteiger charge is -2.28. The van der Waals surface area contributed by atoms with E-state index in [4.69, 9.17) is 9.84 Å². The van der Waals surface area contributed by atoms with Crippen LogP contribution in [0.4, 0.5) is 0 Å². The number of hydrogen-bond donors (Lipinski definition) is 2.